The monoisotopic (exact) mass is 281 g/mol. The fourth-order valence-corrected chi connectivity index (χ4v) is 3.03. The van der Waals surface area contributed by atoms with E-state index in [9.17, 15) is 0 Å². The van der Waals surface area contributed by atoms with Crippen LogP contribution in [0.3, 0.4) is 0 Å². The predicted octanol–water partition coefficient (Wildman–Crippen LogP) is 4.12. The summed E-state index contributed by atoms with van der Waals surface area (Å²) >= 11 is 6.51. The topological polar surface area (TPSA) is 21.3 Å². The van der Waals surface area contributed by atoms with E-state index >= 15 is 0 Å². The summed E-state index contributed by atoms with van der Waals surface area (Å²) in [6.45, 7) is 7.06. The van der Waals surface area contributed by atoms with Gasteiger partial charge in [-0.25, -0.2) is 0 Å². The highest BCUT2D eigenvalue weighted by atomic mass is 35.5. The van der Waals surface area contributed by atoms with E-state index < -0.39 is 0 Å². The van der Waals surface area contributed by atoms with Crippen LogP contribution in [0.15, 0.2) is 18.2 Å². The third kappa shape index (κ3) is 3.71. The quantitative estimate of drug-likeness (QED) is 0.877. The summed E-state index contributed by atoms with van der Waals surface area (Å²) in [6.07, 6.45) is 3.38. The fraction of sp³-hybridized carbons (Fsp3) is 0.625. The molecule has 0 amide bonds. The van der Waals surface area contributed by atoms with Crippen LogP contribution in [0.1, 0.15) is 43.4 Å². The van der Waals surface area contributed by atoms with Gasteiger partial charge in [-0.2, -0.15) is 0 Å². The highest BCUT2D eigenvalue weighted by Gasteiger charge is 2.26. The van der Waals surface area contributed by atoms with Gasteiger partial charge in [0.05, 0.1) is 0 Å². The molecule has 0 saturated carbocycles. The van der Waals surface area contributed by atoms with Crippen LogP contribution in [0, 0.1) is 12.8 Å². The molecule has 0 bridgehead atoms. The van der Waals surface area contributed by atoms with Gasteiger partial charge < -0.3 is 10.1 Å². The Morgan fingerprint density at radius 3 is 2.79 bits per heavy atom. The molecule has 19 heavy (non-hydrogen) atoms. The van der Waals surface area contributed by atoms with E-state index in [1.165, 1.54) is 5.56 Å². The number of benzene rings is 1. The third-order valence-corrected chi connectivity index (χ3v) is 4.42. The number of nitrogens with one attached hydrogen (secondary N) is 1. The van der Waals surface area contributed by atoms with Crippen LogP contribution < -0.4 is 5.32 Å². The molecule has 1 aromatic carbocycles. The second-order valence-electron chi connectivity index (χ2n) is 5.36. The van der Waals surface area contributed by atoms with E-state index in [-0.39, 0.29) is 0 Å². The Labute approximate surface area is 121 Å². The zero-order valence-corrected chi connectivity index (χ0v) is 12.7. The van der Waals surface area contributed by atoms with E-state index in [1.54, 1.807) is 0 Å². The Balaban J connectivity index is 2.22. The first kappa shape index (κ1) is 14.8. The van der Waals surface area contributed by atoms with Crippen molar-refractivity contribution in [1.29, 1.82) is 0 Å². The van der Waals surface area contributed by atoms with Crippen molar-refractivity contribution in [3.8, 4) is 0 Å². The van der Waals surface area contributed by atoms with Crippen molar-refractivity contribution in [2.75, 3.05) is 19.8 Å². The zero-order chi connectivity index (χ0) is 13.7. The van der Waals surface area contributed by atoms with Gasteiger partial charge in [0.15, 0.2) is 0 Å². The molecule has 1 N–H and O–H groups in total. The third-order valence-electron chi connectivity index (χ3n) is 3.91. The van der Waals surface area contributed by atoms with Crippen LogP contribution in [-0.2, 0) is 4.74 Å². The largest absolute Gasteiger partial charge is 0.381 e. The van der Waals surface area contributed by atoms with Gasteiger partial charge >= 0.3 is 0 Å². The van der Waals surface area contributed by atoms with Crippen molar-refractivity contribution in [2.24, 2.45) is 5.92 Å². The molecule has 1 aliphatic heterocycles. The predicted molar refractivity (Wildman–Crippen MR) is 80.8 cm³/mol. The molecule has 3 heteroatoms. The zero-order valence-electron chi connectivity index (χ0n) is 11.9. The Morgan fingerprint density at radius 2 is 2.11 bits per heavy atom. The van der Waals surface area contributed by atoms with Crippen LogP contribution in [0.2, 0.25) is 5.02 Å². The SMILES string of the molecule is CCCNC(c1cccc(C)c1Cl)C1CCOCC1. The van der Waals surface area contributed by atoms with E-state index in [1.807, 2.05) is 0 Å². The van der Waals surface area contributed by atoms with Gasteiger partial charge in [-0.05, 0) is 49.8 Å². The van der Waals surface area contributed by atoms with Crippen LogP contribution in [-0.4, -0.2) is 19.8 Å². The number of rotatable bonds is 5. The number of ether oxygens (including phenoxy) is 1. The molecule has 1 saturated heterocycles. The molecular weight excluding hydrogens is 258 g/mol. The summed E-state index contributed by atoms with van der Waals surface area (Å²) in [5.74, 6) is 0.625. The second-order valence-corrected chi connectivity index (χ2v) is 5.74. The minimum atomic E-state index is 0.358. The Bertz CT molecular complexity index is 402. The van der Waals surface area contributed by atoms with Crippen molar-refractivity contribution in [2.45, 2.75) is 39.2 Å². The van der Waals surface area contributed by atoms with Gasteiger partial charge in [0.1, 0.15) is 0 Å². The molecule has 0 aromatic heterocycles. The maximum Gasteiger partial charge on any atom is 0.0483 e. The molecule has 1 fully saturated rings. The Hall–Kier alpha value is -0.570. The number of aryl methyl sites for hydroxylation is 1. The Kier molecular flexibility index (Phi) is 5.68. The highest BCUT2D eigenvalue weighted by Crippen LogP contribution is 2.35. The summed E-state index contributed by atoms with van der Waals surface area (Å²) in [6, 6.07) is 6.71. The van der Waals surface area contributed by atoms with E-state index in [2.05, 4.69) is 37.4 Å². The lowest BCUT2D eigenvalue weighted by Gasteiger charge is -2.32. The van der Waals surface area contributed by atoms with Gasteiger partial charge in [-0.15, -0.1) is 0 Å². The average Bonchev–Trinajstić information content (AvgIpc) is 2.45. The van der Waals surface area contributed by atoms with Crippen molar-refractivity contribution < 1.29 is 4.74 Å². The van der Waals surface area contributed by atoms with Crippen LogP contribution in [0.4, 0.5) is 0 Å². The van der Waals surface area contributed by atoms with E-state index in [0.717, 1.165) is 49.6 Å². The fourth-order valence-electron chi connectivity index (χ4n) is 2.79. The standard InChI is InChI=1S/C16H24ClNO/c1-3-9-18-16(13-7-10-19-11-8-13)14-6-4-5-12(2)15(14)17/h4-6,13,16,18H,3,7-11H2,1-2H3. The molecule has 1 atom stereocenters. The molecule has 1 heterocycles. The first-order valence-corrected chi connectivity index (χ1v) is 7.68. The minimum Gasteiger partial charge on any atom is -0.381 e. The van der Waals surface area contributed by atoms with Gasteiger partial charge in [-0.1, -0.05) is 36.7 Å². The van der Waals surface area contributed by atoms with Crippen LogP contribution in [0.25, 0.3) is 0 Å². The maximum absolute atomic E-state index is 6.51. The Morgan fingerprint density at radius 1 is 1.37 bits per heavy atom. The average molecular weight is 282 g/mol. The van der Waals surface area contributed by atoms with Crippen LogP contribution >= 0.6 is 11.6 Å². The van der Waals surface area contributed by atoms with Gasteiger partial charge in [-0.3, -0.25) is 0 Å². The molecule has 0 radical (unpaired) electrons. The second kappa shape index (κ2) is 7.28. The lowest BCUT2D eigenvalue weighted by Crippen LogP contribution is -2.33. The first-order chi connectivity index (χ1) is 9.24. The molecular formula is C16H24ClNO. The van der Waals surface area contributed by atoms with Crippen molar-refractivity contribution >= 4 is 11.6 Å². The molecule has 1 unspecified atom stereocenters. The van der Waals surface area contributed by atoms with Crippen molar-refractivity contribution in [3.63, 3.8) is 0 Å². The summed E-state index contributed by atoms with van der Waals surface area (Å²) in [5, 5.41) is 4.60. The summed E-state index contributed by atoms with van der Waals surface area (Å²) in [4.78, 5) is 0. The van der Waals surface area contributed by atoms with Gasteiger partial charge in [0, 0.05) is 24.3 Å². The minimum absolute atomic E-state index is 0.358. The lowest BCUT2D eigenvalue weighted by atomic mass is 9.86. The number of halogens is 1. The van der Waals surface area contributed by atoms with Crippen molar-refractivity contribution in [3.05, 3.63) is 34.3 Å². The normalized spacial score (nSPS) is 18.5. The molecule has 0 aliphatic carbocycles. The summed E-state index contributed by atoms with van der Waals surface area (Å²) in [7, 11) is 0. The van der Waals surface area contributed by atoms with Crippen LogP contribution in [0.5, 0.6) is 0 Å². The summed E-state index contributed by atoms with van der Waals surface area (Å²) < 4.78 is 5.48. The number of hydrogen-bond acceptors (Lipinski definition) is 2. The van der Waals surface area contributed by atoms with Gasteiger partial charge in [0.25, 0.3) is 0 Å². The molecule has 1 aromatic rings. The smallest absolute Gasteiger partial charge is 0.0483 e. The molecule has 2 nitrogen and oxygen atoms in total. The van der Waals surface area contributed by atoms with E-state index in [4.69, 9.17) is 16.3 Å². The molecule has 2 rings (SSSR count). The summed E-state index contributed by atoms with van der Waals surface area (Å²) in [5.41, 5.74) is 2.41. The lowest BCUT2D eigenvalue weighted by molar-refractivity contribution is 0.0536. The first-order valence-electron chi connectivity index (χ1n) is 7.30. The van der Waals surface area contributed by atoms with E-state index in [0.29, 0.717) is 12.0 Å². The van der Waals surface area contributed by atoms with Crippen molar-refractivity contribution in [1.82, 2.24) is 5.32 Å². The number of hydrogen-bond donors (Lipinski definition) is 1. The highest BCUT2D eigenvalue weighted by molar-refractivity contribution is 6.32. The molecule has 0 spiro atoms. The molecule has 106 valence electrons. The van der Waals surface area contributed by atoms with Gasteiger partial charge in [0.2, 0.25) is 0 Å². The maximum atomic E-state index is 6.51. The molecule has 1 aliphatic rings.